The van der Waals surface area contributed by atoms with E-state index in [0.717, 1.165) is 36.4 Å². The van der Waals surface area contributed by atoms with Gasteiger partial charge in [0, 0.05) is 6.07 Å². The molecule has 0 aliphatic rings. The number of sulfone groups is 1. The summed E-state index contributed by atoms with van der Waals surface area (Å²) in [5, 5.41) is 9.82. The van der Waals surface area contributed by atoms with E-state index in [1.54, 1.807) is 0 Å². The molecule has 0 amide bonds. The molecule has 0 atom stereocenters. The van der Waals surface area contributed by atoms with Crippen molar-refractivity contribution in [1.82, 2.24) is 0 Å². The smallest absolute Gasteiger partial charge is 0.417 e. The number of hydrogen-bond acceptors (Lipinski definition) is 5. The molecule has 2 N–H and O–H groups in total. The van der Waals surface area contributed by atoms with Crippen LogP contribution in [0.15, 0.2) is 52.3 Å². The minimum atomic E-state index is -4.88. The fourth-order valence-electron chi connectivity index (χ4n) is 2.14. The summed E-state index contributed by atoms with van der Waals surface area (Å²) in [6.45, 7) is 1.36. The van der Waals surface area contributed by atoms with Gasteiger partial charge in [-0.25, -0.2) is 16.8 Å². The number of hydrogen-bond donors (Lipinski definition) is 2. The van der Waals surface area contributed by atoms with Crippen molar-refractivity contribution in [2.45, 2.75) is 22.9 Å². The third kappa shape index (κ3) is 4.10. The van der Waals surface area contributed by atoms with Gasteiger partial charge in [-0.1, -0.05) is 19.1 Å². The average Bonchev–Trinajstić information content (AvgIpc) is 2.53. The molecular formula is C15H14F3NO5S2. The number of sulfonamides is 1. The molecule has 2 aromatic carbocycles. The quantitative estimate of drug-likeness (QED) is 0.791. The zero-order valence-electron chi connectivity index (χ0n) is 13.3. The maximum Gasteiger partial charge on any atom is 0.417 e. The van der Waals surface area contributed by atoms with Gasteiger partial charge < -0.3 is 5.11 Å². The lowest BCUT2D eigenvalue weighted by Gasteiger charge is -2.15. The Morgan fingerprint density at radius 3 is 2.15 bits per heavy atom. The van der Waals surface area contributed by atoms with Crippen LogP contribution >= 0.6 is 0 Å². The van der Waals surface area contributed by atoms with Gasteiger partial charge >= 0.3 is 6.18 Å². The van der Waals surface area contributed by atoms with E-state index in [0.29, 0.717) is 6.07 Å². The van der Waals surface area contributed by atoms with Crippen molar-refractivity contribution in [2.75, 3.05) is 10.5 Å². The van der Waals surface area contributed by atoms with Crippen LogP contribution in [-0.2, 0) is 26.0 Å². The van der Waals surface area contributed by atoms with Crippen molar-refractivity contribution in [2.24, 2.45) is 0 Å². The summed E-state index contributed by atoms with van der Waals surface area (Å²) in [6, 6.07) is 6.44. The lowest BCUT2D eigenvalue weighted by Crippen LogP contribution is -2.19. The summed E-state index contributed by atoms with van der Waals surface area (Å²) in [6.07, 6.45) is -4.88. The molecule has 0 fully saturated rings. The van der Waals surface area contributed by atoms with Gasteiger partial charge in [0.15, 0.2) is 9.84 Å². The first-order valence-corrected chi connectivity index (χ1v) is 10.3. The van der Waals surface area contributed by atoms with Gasteiger partial charge in [0.05, 0.1) is 21.9 Å². The Bertz CT molecular complexity index is 1030. The summed E-state index contributed by atoms with van der Waals surface area (Å²) >= 11 is 0. The number of phenolic OH excluding ortho intramolecular Hbond substituents is 1. The van der Waals surface area contributed by atoms with Gasteiger partial charge in [-0.3, -0.25) is 4.72 Å². The van der Waals surface area contributed by atoms with Gasteiger partial charge in [0.2, 0.25) is 0 Å². The van der Waals surface area contributed by atoms with Crippen molar-refractivity contribution < 1.29 is 35.1 Å². The first-order valence-electron chi connectivity index (χ1n) is 7.13. The zero-order valence-corrected chi connectivity index (χ0v) is 14.9. The number of nitrogens with one attached hydrogen (secondary N) is 1. The first kappa shape index (κ1) is 20.0. The lowest BCUT2D eigenvalue weighted by molar-refractivity contribution is -0.139. The van der Waals surface area contributed by atoms with Crippen LogP contribution in [0.2, 0.25) is 0 Å². The molecule has 26 heavy (non-hydrogen) atoms. The fraction of sp³-hybridized carbons (Fsp3) is 0.200. The lowest BCUT2D eigenvalue weighted by atomic mass is 10.2. The Morgan fingerprint density at radius 2 is 1.62 bits per heavy atom. The Labute approximate surface area is 148 Å². The van der Waals surface area contributed by atoms with Crippen molar-refractivity contribution in [1.29, 1.82) is 0 Å². The minimum absolute atomic E-state index is 0.283. The van der Waals surface area contributed by atoms with Crippen LogP contribution in [0.5, 0.6) is 5.75 Å². The van der Waals surface area contributed by atoms with E-state index in [2.05, 4.69) is 0 Å². The third-order valence-electron chi connectivity index (χ3n) is 3.41. The molecular weight excluding hydrogens is 395 g/mol. The summed E-state index contributed by atoms with van der Waals surface area (Å²) < 4.78 is 89.1. The first-order chi connectivity index (χ1) is 11.9. The summed E-state index contributed by atoms with van der Waals surface area (Å²) in [5.74, 6) is -0.999. The van der Waals surface area contributed by atoms with Crippen LogP contribution in [-0.4, -0.2) is 27.7 Å². The number of phenols is 1. The summed E-state index contributed by atoms with van der Waals surface area (Å²) in [7, 11) is -8.37. The Hall–Kier alpha value is -2.27. The molecule has 2 aromatic rings. The summed E-state index contributed by atoms with van der Waals surface area (Å²) in [5.41, 5.74) is -1.63. The Balaban J connectivity index is 2.45. The van der Waals surface area contributed by atoms with Gasteiger partial charge in [0.1, 0.15) is 10.6 Å². The number of rotatable bonds is 5. The molecule has 11 heteroatoms. The van der Waals surface area contributed by atoms with E-state index in [-0.39, 0.29) is 11.4 Å². The van der Waals surface area contributed by atoms with Gasteiger partial charge in [-0.05, 0) is 24.3 Å². The van der Waals surface area contributed by atoms with E-state index >= 15 is 0 Å². The van der Waals surface area contributed by atoms with Gasteiger partial charge in [0.25, 0.3) is 10.0 Å². The van der Waals surface area contributed by atoms with Crippen LogP contribution in [0.3, 0.4) is 0 Å². The van der Waals surface area contributed by atoms with Crippen molar-refractivity contribution >= 4 is 25.5 Å². The van der Waals surface area contributed by atoms with E-state index in [4.69, 9.17) is 0 Å². The average molecular weight is 409 g/mol. The topological polar surface area (TPSA) is 101 Å². The monoisotopic (exact) mass is 409 g/mol. The Kier molecular flexibility index (Phi) is 5.24. The summed E-state index contributed by atoms with van der Waals surface area (Å²) in [4.78, 5) is -1.39. The molecule has 0 bridgehead atoms. The van der Waals surface area contributed by atoms with Crippen LogP contribution in [0, 0.1) is 0 Å². The molecule has 2 rings (SSSR count). The highest BCUT2D eigenvalue weighted by Crippen LogP contribution is 2.35. The highest BCUT2D eigenvalue weighted by Gasteiger charge is 2.37. The molecule has 6 nitrogen and oxygen atoms in total. The molecule has 0 saturated carbocycles. The molecule has 0 saturated heterocycles. The number of anilines is 1. The van der Waals surface area contributed by atoms with E-state index in [9.17, 15) is 35.1 Å². The number of alkyl halides is 3. The predicted octanol–water partition coefficient (Wildman–Crippen LogP) is 3.01. The largest absolute Gasteiger partial charge is 0.507 e. The maximum atomic E-state index is 13.0. The highest BCUT2D eigenvalue weighted by molar-refractivity contribution is 7.92. The molecule has 0 aliphatic heterocycles. The van der Waals surface area contributed by atoms with E-state index in [1.807, 2.05) is 4.72 Å². The standard InChI is InChI=1S/C15H14F3NO5S2/c1-2-25(21,22)14-8-7-10(9-12(14)20)19-26(23,24)13-6-4-3-5-11(13)15(16,17)18/h3-9,19-20H,2H2,1H3. The minimum Gasteiger partial charge on any atom is -0.507 e. The number of benzene rings is 2. The predicted molar refractivity (Wildman–Crippen MR) is 88.1 cm³/mol. The second-order valence-corrected chi connectivity index (χ2v) is 9.08. The second kappa shape index (κ2) is 6.80. The van der Waals surface area contributed by atoms with E-state index in [1.165, 1.54) is 6.92 Å². The molecule has 0 spiro atoms. The maximum absolute atomic E-state index is 13.0. The molecule has 0 radical (unpaired) electrons. The van der Waals surface area contributed by atoms with Crippen molar-refractivity contribution in [3.8, 4) is 5.75 Å². The molecule has 0 unspecified atom stereocenters. The third-order valence-corrected chi connectivity index (χ3v) is 6.62. The number of aromatic hydroxyl groups is 1. The van der Waals surface area contributed by atoms with Crippen LogP contribution in [0.1, 0.15) is 12.5 Å². The SMILES string of the molecule is CCS(=O)(=O)c1ccc(NS(=O)(=O)c2ccccc2C(F)(F)F)cc1O. The number of halogens is 3. The molecule has 142 valence electrons. The van der Waals surface area contributed by atoms with Crippen LogP contribution in [0.25, 0.3) is 0 Å². The molecule has 0 heterocycles. The Morgan fingerprint density at radius 1 is 1.00 bits per heavy atom. The fourth-order valence-corrected chi connectivity index (χ4v) is 4.39. The van der Waals surface area contributed by atoms with Crippen molar-refractivity contribution in [3.05, 3.63) is 48.0 Å². The van der Waals surface area contributed by atoms with Crippen LogP contribution in [0.4, 0.5) is 18.9 Å². The highest BCUT2D eigenvalue weighted by atomic mass is 32.2. The molecule has 0 aromatic heterocycles. The molecule has 0 aliphatic carbocycles. The second-order valence-electron chi connectivity index (χ2n) is 5.19. The zero-order chi connectivity index (χ0) is 19.8. The van der Waals surface area contributed by atoms with Gasteiger partial charge in [-0.15, -0.1) is 0 Å². The van der Waals surface area contributed by atoms with Crippen LogP contribution < -0.4 is 4.72 Å². The van der Waals surface area contributed by atoms with E-state index < -0.39 is 47.1 Å². The normalized spacial score (nSPS) is 12.8. The van der Waals surface area contributed by atoms with Crippen molar-refractivity contribution in [3.63, 3.8) is 0 Å². The van der Waals surface area contributed by atoms with Gasteiger partial charge in [-0.2, -0.15) is 13.2 Å².